The van der Waals surface area contributed by atoms with Crippen LogP contribution in [0.15, 0.2) is 55.1 Å². The maximum absolute atomic E-state index is 12.7. The van der Waals surface area contributed by atoms with E-state index in [4.69, 9.17) is 21.4 Å². The molecular weight excluding hydrogens is 392 g/mol. The molecule has 0 bridgehead atoms. The maximum Gasteiger partial charge on any atom is 0.410 e. The van der Waals surface area contributed by atoms with Gasteiger partial charge >= 0.3 is 12.1 Å². The minimum absolute atomic E-state index is 0.0614. The summed E-state index contributed by atoms with van der Waals surface area (Å²) in [5, 5.41) is 13.3. The molecule has 1 saturated heterocycles. The second-order valence-corrected chi connectivity index (χ2v) is 7.67. The summed E-state index contributed by atoms with van der Waals surface area (Å²) in [5.74, 6) is -0.851. The van der Waals surface area contributed by atoms with Crippen molar-refractivity contribution in [3.63, 3.8) is 0 Å². The summed E-state index contributed by atoms with van der Waals surface area (Å²) in [5.41, 5.74) is 3.10. The second kappa shape index (κ2) is 7.79. The number of likely N-dealkylation sites (tertiary alicyclic amines) is 1. The third-order valence-corrected chi connectivity index (χ3v) is 5.83. The molecule has 1 fully saturated rings. The Labute approximate surface area is 173 Å². The van der Waals surface area contributed by atoms with Crippen molar-refractivity contribution in [3.8, 4) is 0 Å². The molecule has 2 aliphatic rings. The first kappa shape index (κ1) is 19.3. The van der Waals surface area contributed by atoms with Gasteiger partial charge in [-0.05, 0) is 47.9 Å². The predicted octanol–water partition coefficient (Wildman–Crippen LogP) is 4.89. The summed E-state index contributed by atoms with van der Waals surface area (Å²) in [6.07, 6.45) is 1.97. The largest absolute Gasteiger partial charge is 0.478 e. The molecule has 6 nitrogen and oxygen atoms in total. The van der Waals surface area contributed by atoms with Crippen molar-refractivity contribution in [2.24, 2.45) is 5.92 Å². The van der Waals surface area contributed by atoms with Crippen LogP contribution in [0.4, 0.5) is 10.5 Å². The topological polar surface area (TPSA) is 78.9 Å². The van der Waals surface area contributed by atoms with Crippen LogP contribution in [0.1, 0.15) is 40.0 Å². The highest BCUT2D eigenvalue weighted by Gasteiger charge is 2.47. The number of carboxylic acids is 1. The summed E-state index contributed by atoms with van der Waals surface area (Å²) in [6, 6.07) is 12.3. The van der Waals surface area contributed by atoms with Crippen molar-refractivity contribution in [2.75, 3.05) is 18.5 Å². The highest BCUT2D eigenvalue weighted by Crippen LogP contribution is 2.51. The van der Waals surface area contributed by atoms with Crippen LogP contribution < -0.4 is 5.32 Å². The van der Waals surface area contributed by atoms with Gasteiger partial charge in [0.2, 0.25) is 0 Å². The number of rotatable bonds is 4. The third-order valence-electron chi connectivity index (χ3n) is 5.59. The Bertz CT molecular complexity index is 960. The van der Waals surface area contributed by atoms with Crippen molar-refractivity contribution >= 4 is 29.4 Å². The quantitative estimate of drug-likeness (QED) is 0.699. The molecule has 2 N–H and O–H groups in total. The van der Waals surface area contributed by atoms with Gasteiger partial charge in [0.15, 0.2) is 0 Å². The van der Waals surface area contributed by atoms with Crippen molar-refractivity contribution < 1.29 is 19.4 Å². The number of carbonyl (C=O) groups is 2. The van der Waals surface area contributed by atoms with Crippen LogP contribution in [0.25, 0.3) is 0 Å². The van der Waals surface area contributed by atoms with E-state index in [2.05, 4.69) is 11.9 Å². The van der Waals surface area contributed by atoms with Crippen molar-refractivity contribution in [1.29, 1.82) is 0 Å². The fourth-order valence-electron chi connectivity index (χ4n) is 4.33. The first-order valence-corrected chi connectivity index (χ1v) is 9.81. The van der Waals surface area contributed by atoms with Gasteiger partial charge in [0.1, 0.15) is 6.61 Å². The molecule has 2 heterocycles. The van der Waals surface area contributed by atoms with Gasteiger partial charge < -0.3 is 20.1 Å². The van der Waals surface area contributed by atoms with Crippen molar-refractivity contribution in [2.45, 2.75) is 18.5 Å². The van der Waals surface area contributed by atoms with Crippen LogP contribution in [0.5, 0.6) is 0 Å². The number of nitrogens with one attached hydrogen (secondary N) is 1. The van der Waals surface area contributed by atoms with Crippen molar-refractivity contribution in [3.05, 3.63) is 76.8 Å². The molecule has 0 saturated carbocycles. The minimum Gasteiger partial charge on any atom is -0.478 e. The molecule has 3 atom stereocenters. The zero-order chi connectivity index (χ0) is 20.5. The van der Waals surface area contributed by atoms with Crippen molar-refractivity contribution in [1.82, 2.24) is 4.90 Å². The normalized spacial score (nSPS) is 22.2. The Morgan fingerprint density at radius 2 is 2.03 bits per heavy atom. The molecule has 0 radical (unpaired) electrons. The summed E-state index contributed by atoms with van der Waals surface area (Å²) >= 11 is 6.25. The van der Waals surface area contributed by atoms with E-state index in [0.717, 1.165) is 23.2 Å². The van der Waals surface area contributed by atoms with Gasteiger partial charge in [0.05, 0.1) is 17.6 Å². The molecular formula is C22H21ClN2O4. The van der Waals surface area contributed by atoms with E-state index >= 15 is 0 Å². The molecule has 0 spiro atoms. The van der Waals surface area contributed by atoms with E-state index in [1.54, 1.807) is 23.1 Å². The lowest BCUT2D eigenvalue weighted by molar-refractivity contribution is 0.0696. The summed E-state index contributed by atoms with van der Waals surface area (Å²) in [4.78, 5) is 25.6. The number of anilines is 1. The molecule has 2 aliphatic heterocycles. The number of hydrogen-bond donors (Lipinski definition) is 2. The average Bonchev–Trinajstić information content (AvgIpc) is 3.17. The summed E-state index contributed by atoms with van der Waals surface area (Å²) in [6.45, 7) is 4.33. The van der Waals surface area contributed by atoms with Gasteiger partial charge in [-0.25, -0.2) is 9.59 Å². The Morgan fingerprint density at radius 3 is 2.72 bits per heavy atom. The predicted molar refractivity (Wildman–Crippen MR) is 110 cm³/mol. The smallest absolute Gasteiger partial charge is 0.410 e. The van der Waals surface area contributed by atoms with Crippen LogP contribution in [0.3, 0.4) is 0 Å². The van der Waals surface area contributed by atoms with Gasteiger partial charge in [0, 0.05) is 23.2 Å². The Hall–Kier alpha value is -2.99. The fourth-order valence-corrected chi connectivity index (χ4v) is 4.51. The number of amides is 1. The molecule has 1 amide bonds. The Morgan fingerprint density at radius 1 is 1.28 bits per heavy atom. The van der Waals surface area contributed by atoms with Gasteiger partial charge in [-0.15, -0.1) is 0 Å². The second-order valence-electron chi connectivity index (χ2n) is 7.24. The molecule has 7 heteroatoms. The van der Waals surface area contributed by atoms with E-state index in [1.165, 1.54) is 0 Å². The van der Waals surface area contributed by atoms with Crippen LogP contribution in [0, 0.1) is 5.92 Å². The zero-order valence-electron chi connectivity index (χ0n) is 15.7. The first-order chi connectivity index (χ1) is 14.0. The van der Waals surface area contributed by atoms with Gasteiger partial charge in [-0.1, -0.05) is 36.4 Å². The van der Waals surface area contributed by atoms with E-state index in [-0.39, 0.29) is 36.3 Å². The number of halogens is 1. The molecule has 2 aromatic rings. The maximum atomic E-state index is 12.7. The first-order valence-electron chi connectivity index (χ1n) is 9.43. The molecule has 2 aromatic carbocycles. The van der Waals surface area contributed by atoms with Crippen LogP contribution in [-0.2, 0) is 4.74 Å². The molecule has 4 rings (SSSR count). The average molecular weight is 413 g/mol. The standard InChI is InChI=1S/C22H21ClN2O4/c1-2-11-29-22(28)25-10-9-16-19(13-3-5-14(6-4-13)21(26)27)24-18-8-7-15(23)12-17(18)20(16)25/h2-8,12,16,19-20,24H,1,9-11H2,(H,26,27)/t16-,19+,20-/m1/s1. The molecule has 150 valence electrons. The van der Waals surface area contributed by atoms with E-state index in [0.29, 0.717) is 11.6 Å². The highest BCUT2D eigenvalue weighted by atomic mass is 35.5. The lowest BCUT2D eigenvalue weighted by Crippen LogP contribution is -2.38. The number of ether oxygens (including phenoxy) is 1. The lowest BCUT2D eigenvalue weighted by Gasteiger charge is -2.39. The van der Waals surface area contributed by atoms with Crippen LogP contribution in [0.2, 0.25) is 5.02 Å². The molecule has 29 heavy (non-hydrogen) atoms. The Kier molecular flexibility index (Phi) is 5.20. The van der Waals surface area contributed by atoms with E-state index in [1.807, 2.05) is 30.3 Å². The summed E-state index contributed by atoms with van der Waals surface area (Å²) in [7, 11) is 0. The van der Waals surface area contributed by atoms with Gasteiger partial charge in [-0.2, -0.15) is 0 Å². The number of aromatic carboxylic acids is 1. The van der Waals surface area contributed by atoms with Crippen LogP contribution in [-0.4, -0.2) is 35.2 Å². The van der Waals surface area contributed by atoms with E-state index in [9.17, 15) is 9.59 Å². The SMILES string of the molecule is C=CCOC(=O)N1CC[C@@H]2[C@H](c3ccc(C(=O)O)cc3)Nc3ccc(Cl)cc3[C@@H]21. The summed E-state index contributed by atoms with van der Waals surface area (Å²) < 4.78 is 5.30. The number of hydrogen-bond acceptors (Lipinski definition) is 4. The number of fused-ring (bicyclic) bond motifs is 3. The lowest BCUT2D eigenvalue weighted by atomic mass is 9.80. The molecule has 0 aliphatic carbocycles. The Balaban J connectivity index is 1.72. The molecule has 0 aromatic heterocycles. The number of benzene rings is 2. The molecule has 0 unspecified atom stereocenters. The number of nitrogens with zero attached hydrogens (tertiary/aromatic N) is 1. The van der Waals surface area contributed by atoms with Crippen LogP contribution >= 0.6 is 11.6 Å². The third kappa shape index (κ3) is 3.56. The van der Waals surface area contributed by atoms with Gasteiger partial charge in [-0.3, -0.25) is 0 Å². The minimum atomic E-state index is -0.956. The highest BCUT2D eigenvalue weighted by molar-refractivity contribution is 6.30. The zero-order valence-corrected chi connectivity index (χ0v) is 16.4. The number of carbonyl (C=O) groups excluding carboxylic acids is 1. The van der Waals surface area contributed by atoms with Gasteiger partial charge in [0.25, 0.3) is 0 Å². The fraction of sp³-hybridized carbons (Fsp3) is 0.273. The number of carboxylic acid groups (broad SMARTS) is 1. The van der Waals surface area contributed by atoms with E-state index < -0.39 is 5.97 Å². The monoisotopic (exact) mass is 412 g/mol.